The molecule has 3 heteroatoms. The monoisotopic (exact) mass is 237 g/mol. The van der Waals surface area contributed by atoms with Crippen molar-refractivity contribution in [3.05, 3.63) is 35.9 Å². The largest absolute Gasteiger partial charge is 0.379 e. The summed E-state index contributed by atoms with van der Waals surface area (Å²) in [6.07, 6.45) is 0.959. The molecule has 1 aromatic rings. The van der Waals surface area contributed by atoms with E-state index in [2.05, 4.69) is 6.92 Å². The molecule has 0 heterocycles. The molecule has 0 fully saturated rings. The maximum absolute atomic E-state index is 6.20. The fourth-order valence-corrected chi connectivity index (χ4v) is 1.77. The summed E-state index contributed by atoms with van der Waals surface area (Å²) in [6.45, 7) is 6.04. The van der Waals surface area contributed by atoms with Gasteiger partial charge in [-0.3, -0.25) is 0 Å². The summed E-state index contributed by atoms with van der Waals surface area (Å²) in [5.74, 6) is 0. The molecule has 0 aliphatic rings. The van der Waals surface area contributed by atoms with Gasteiger partial charge in [0.05, 0.1) is 25.4 Å². The van der Waals surface area contributed by atoms with E-state index in [1.807, 2.05) is 37.3 Å². The van der Waals surface area contributed by atoms with Crippen LogP contribution in [0.5, 0.6) is 0 Å². The van der Waals surface area contributed by atoms with E-state index in [0.29, 0.717) is 13.2 Å². The molecule has 1 aromatic carbocycles. The Morgan fingerprint density at radius 1 is 1.12 bits per heavy atom. The van der Waals surface area contributed by atoms with E-state index in [1.165, 1.54) is 0 Å². The standard InChI is InChI=1S/C14H23NO2/c1-3-13(17-11-10-16-4-2)14(15)12-8-6-5-7-9-12/h5-9,13-14H,3-4,10-11,15H2,1-2H3. The molecule has 0 bridgehead atoms. The van der Waals surface area contributed by atoms with Gasteiger partial charge >= 0.3 is 0 Å². The highest BCUT2D eigenvalue weighted by atomic mass is 16.5. The van der Waals surface area contributed by atoms with E-state index < -0.39 is 0 Å². The van der Waals surface area contributed by atoms with Crippen molar-refractivity contribution in [2.24, 2.45) is 5.73 Å². The molecule has 0 saturated carbocycles. The van der Waals surface area contributed by atoms with E-state index in [-0.39, 0.29) is 12.1 Å². The zero-order valence-electron chi connectivity index (χ0n) is 10.8. The maximum Gasteiger partial charge on any atom is 0.0766 e. The molecule has 17 heavy (non-hydrogen) atoms. The van der Waals surface area contributed by atoms with Crippen molar-refractivity contribution in [1.82, 2.24) is 0 Å². The Hall–Kier alpha value is -0.900. The lowest BCUT2D eigenvalue weighted by molar-refractivity contribution is -0.00557. The highest BCUT2D eigenvalue weighted by Crippen LogP contribution is 2.18. The molecule has 2 N–H and O–H groups in total. The highest BCUT2D eigenvalue weighted by molar-refractivity contribution is 5.19. The third kappa shape index (κ3) is 4.86. The zero-order chi connectivity index (χ0) is 12.5. The smallest absolute Gasteiger partial charge is 0.0766 e. The Morgan fingerprint density at radius 2 is 1.82 bits per heavy atom. The highest BCUT2D eigenvalue weighted by Gasteiger charge is 2.17. The molecule has 0 aromatic heterocycles. The summed E-state index contributed by atoms with van der Waals surface area (Å²) in [5.41, 5.74) is 7.32. The van der Waals surface area contributed by atoms with Crippen LogP contribution in [-0.2, 0) is 9.47 Å². The Kier molecular flexibility index (Phi) is 6.86. The molecule has 0 spiro atoms. The normalized spacial score (nSPS) is 14.5. The van der Waals surface area contributed by atoms with Crippen LogP contribution in [0.25, 0.3) is 0 Å². The van der Waals surface area contributed by atoms with Crippen LogP contribution >= 0.6 is 0 Å². The number of hydrogen-bond donors (Lipinski definition) is 1. The number of nitrogens with two attached hydrogens (primary N) is 1. The van der Waals surface area contributed by atoms with Gasteiger partial charge in [-0.2, -0.15) is 0 Å². The van der Waals surface area contributed by atoms with Crippen LogP contribution < -0.4 is 5.73 Å². The molecule has 96 valence electrons. The molecule has 1 rings (SSSR count). The lowest BCUT2D eigenvalue weighted by Crippen LogP contribution is -2.29. The van der Waals surface area contributed by atoms with Gasteiger partial charge in [-0.15, -0.1) is 0 Å². The topological polar surface area (TPSA) is 44.5 Å². The van der Waals surface area contributed by atoms with Crippen LogP contribution in [0.1, 0.15) is 31.9 Å². The quantitative estimate of drug-likeness (QED) is 0.707. The molecule has 3 nitrogen and oxygen atoms in total. The number of rotatable bonds is 8. The molecule has 0 radical (unpaired) electrons. The average Bonchev–Trinajstić information content (AvgIpc) is 2.39. The van der Waals surface area contributed by atoms with Crippen LogP contribution in [-0.4, -0.2) is 25.9 Å². The van der Waals surface area contributed by atoms with Gasteiger partial charge in [0, 0.05) is 6.61 Å². The van der Waals surface area contributed by atoms with Gasteiger partial charge in [-0.05, 0) is 18.9 Å². The van der Waals surface area contributed by atoms with Gasteiger partial charge in [-0.25, -0.2) is 0 Å². The second-order valence-corrected chi connectivity index (χ2v) is 3.95. The molecule has 2 atom stereocenters. The molecular weight excluding hydrogens is 214 g/mol. The van der Waals surface area contributed by atoms with E-state index >= 15 is 0 Å². The molecule has 0 amide bonds. The average molecular weight is 237 g/mol. The van der Waals surface area contributed by atoms with Crippen LogP contribution in [0.4, 0.5) is 0 Å². The summed E-state index contributed by atoms with van der Waals surface area (Å²) in [5, 5.41) is 0. The van der Waals surface area contributed by atoms with Crippen LogP contribution in [0, 0.1) is 0 Å². The SMILES string of the molecule is CCOCCOC(CC)C(N)c1ccccc1. The summed E-state index contributed by atoms with van der Waals surface area (Å²) in [6, 6.07) is 10.0. The van der Waals surface area contributed by atoms with Crippen molar-refractivity contribution >= 4 is 0 Å². The van der Waals surface area contributed by atoms with Crippen molar-refractivity contribution < 1.29 is 9.47 Å². The summed E-state index contributed by atoms with van der Waals surface area (Å²) < 4.78 is 11.0. The Labute approximate surface area is 104 Å². The van der Waals surface area contributed by atoms with Gasteiger partial charge < -0.3 is 15.2 Å². The fraction of sp³-hybridized carbons (Fsp3) is 0.571. The van der Waals surface area contributed by atoms with Crippen LogP contribution in [0.3, 0.4) is 0 Å². The Balaban J connectivity index is 2.44. The van der Waals surface area contributed by atoms with Gasteiger partial charge in [0.25, 0.3) is 0 Å². The minimum absolute atomic E-state index is 0.0536. The third-order valence-corrected chi connectivity index (χ3v) is 2.75. The summed E-state index contributed by atoms with van der Waals surface area (Å²) in [7, 11) is 0. The zero-order valence-corrected chi connectivity index (χ0v) is 10.8. The second kappa shape index (κ2) is 8.23. The lowest BCUT2D eigenvalue weighted by atomic mass is 10.0. The van der Waals surface area contributed by atoms with E-state index in [0.717, 1.165) is 18.6 Å². The molecule has 0 aliphatic carbocycles. The van der Waals surface area contributed by atoms with Gasteiger partial charge in [0.15, 0.2) is 0 Å². The third-order valence-electron chi connectivity index (χ3n) is 2.75. The van der Waals surface area contributed by atoms with Crippen molar-refractivity contribution in [1.29, 1.82) is 0 Å². The van der Waals surface area contributed by atoms with E-state index in [9.17, 15) is 0 Å². The van der Waals surface area contributed by atoms with Crippen molar-refractivity contribution in [3.8, 4) is 0 Å². The van der Waals surface area contributed by atoms with Crippen molar-refractivity contribution in [2.75, 3.05) is 19.8 Å². The summed E-state index contributed by atoms with van der Waals surface area (Å²) in [4.78, 5) is 0. The number of hydrogen-bond acceptors (Lipinski definition) is 3. The lowest BCUT2D eigenvalue weighted by Gasteiger charge is -2.23. The Morgan fingerprint density at radius 3 is 2.41 bits per heavy atom. The van der Waals surface area contributed by atoms with E-state index in [4.69, 9.17) is 15.2 Å². The number of ether oxygens (including phenoxy) is 2. The maximum atomic E-state index is 6.20. The van der Waals surface area contributed by atoms with Gasteiger partial charge in [0.2, 0.25) is 0 Å². The minimum Gasteiger partial charge on any atom is -0.379 e. The predicted molar refractivity (Wildman–Crippen MR) is 69.9 cm³/mol. The molecule has 0 saturated heterocycles. The van der Waals surface area contributed by atoms with E-state index in [1.54, 1.807) is 0 Å². The number of benzene rings is 1. The molecule has 0 aliphatic heterocycles. The Bertz CT molecular complexity index is 290. The second-order valence-electron chi connectivity index (χ2n) is 3.95. The van der Waals surface area contributed by atoms with Crippen molar-refractivity contribution in [3.63, 3.8) is 0 Å². The van der Waals surface area contributed by atoms with Crippen LogP contribution in [0.15, 0.2) is 30.3 Å². The predicted octanol–water partition coefficient (Wildman–Crippen LogP) is 2.52. The van der Waals surface area contributed by atoms with Crippen molar-refractivity contribution in [2.45, 2.75) is 32.4 Å². The first-order chi connectivity index (χ1) is 8.29. The van der Waals surface area contributed by atoms with Crippen LogP contribution in [0.2, 0.25) is 0 Å². The summed E-state index contributed by atoms with van der Waals surface area (Å²) >= 11 is 0. The van der Waals surface area contributed by atoms with Gasteiger partial charge in [0.1, 0.15) is 0 Å². The minimum atomic E-state index is -0.0668. The molecule has 2 unspecified atom stereocenters. The van der Waals surface area contributed by atoms with Gasteiger partial charge in [-0.1, -0.05) is 37.3 Å². The first kappa shape index (κ1) is 14.2. The first-order valence-electron chi connectivity index (χ1n) is 6.29. The molecular formula is C14H23NO2. The first-order valence-corrected chi connectivity index (χ1v) is 6.29. The fourth-order valence-electron chi connectivity index (χ4n) is 1.77.